The number of anilines is 1. The standard InChI is InChI=1S/C24H20F2N6O3/c1-14-5-4-9-31(21(14)24(33)34)23-17(26)12-27-22(28-23)19-11-20(18-8-10-35-30-18)32(29-19)13-15-6-2-3-7-16(15)25/h2-3,6-8,10-12,21H,1,4-5,9,13H2,(H,33,34)/t21-/m0/s1. The molecule has 11 heteroatoms. The number of aromatic nitrogens is 5. The molecule has 1 N–H and O–H groups in total. The molecule has 9 nitrogen and oxygen atoms in total. The van der Waals surface area contributed by atoms with Gasteiger partial charge in [0.05, 0.1) is 18.4 Å². The second-order valence-corrected chi connectivity index (χ2v) is 8.11. The number of carboxylic acids is 1. The number of nitrogens with zero attached hydrogens (tertiary/aromatic N) is 6. The Morgan fingerprint density at radius 2 is 2.03 bits per heavy atom. The van der Waals surface area contributed by atoms with Gasteiger partial charge in [-0.05, 0) is 30.5 Å². The molecular weight excluding hydrogens is 458 g/mol. The van der Waals surface area contributed by atoms with Gasteiger partial charge in [-0.2, -0.15) is 5.10 Å². The molecule has 0 aliphatic carbocycles. The average molecular weight is 478 g/mol. The Kier molecular flexibility index (Phi) is 5.81. The van der Waals surface area contributed by atoms with Crippen molar-refractivity contribution >= 4 is 11.8 Å². The van der Waals surface area contributed by atoms with Crippen molar-refractivity contribution in [3.05, 3.63) is 78.2 Å². The topological polar surface area (TPSA) is 110 Å². The van der Waals surface area contributed by atoms with Gasteiger partial charge in [-0.3, -0.25) is 4.68 Å². The molecule has 5 rings (SSSR count). The van der Waals surface area contributed by atoms with Gasteiger partial charge in [-0.15, -0.1) is 0 Å². The molecule has 0 bridgehead atoms. The van der Waals surface area contributed by atoms with Crippen LogP contribution in [0.4, 0.5) is 14.6 Å². The highest BCUT2D eigenvalue weighted by Crippen LogP contribution is 2.31. The number of benzene rings is 1. The monoisotopic (exact) mass is 478 g/mol. The maximum atomic E-state index is 14.8. The summed E-state index contributed by atoms with van der Waals surface area (Å²) in [7, 11) is 0. The van der Waals surface area contributed by atoms with Crippen molar-refractivity contribution in [1.82, 2.24) is 24.9 Å². The molecule has 35 heavy (non-hydrogen) atoms. The number of carboxylic acid groups (broad SMARTS) is 1. The fraction of sp³-hybridized carbons (Fsp3) is 0.208. The van der Waals surface area contributed by atoms with Crippen LogP contribution in [0.25, 0.3) is 22.9 Å². The minimum Gasteiger partial charge on any atom is -0.479 e. The molecule has 1 saturated heterocycles. The molecule has 1 atom stereocenters. The fourth-order valence-corrected chi connectivity index (χ4v) is 4.17. The number of rotatable bonds is 6. The van der Waals surface area contributed by atoms with Crippen molar-refractivity contribution in [2.24, 2.45) is 0 Å². The molecule has 4 aromatic rings. The second kappa shape index (κ2) is 9.09. The van der Waals surface area contributed by atoms with E-state index < -0.39 is 17.8 Å². The largest absolute Gasteiger partial charge is 0.479 e. The van der Waals surface area contributed by atoms with E-state index in [9.17, 15) is 18.7 Å². The lowest BCUT2D eigenvalue weighted by molar-refractivity contribution is -0.137. The third kappa shape index (κ3) is 4.27. The molecule has 1 aromatic carbocycles. The van der Waals surface area contributed by atoms with Crippen molar-refractivity contribution in [2.45, 2.75) is 25.4 Å². The first kappa shape index (κ1) is 22.4. The Balaban J connectivity index is 1.57. The molecule has 0 unspecified atom stereocenters. The van der Waals surface area contributed by atoms with Crippen molar-refractivity contribution in [1.29, 1.82) is 0 Å². The van der Waals surface area contributed by atoms with E-state index in [1.807, 2.05) is 0 Å². The summed E-state index contributed by atoms with van der Waals surface area (Å²) in [5.74, 6) is -2.33. The van der Waals surface area contributed by atoms with Crippen molar-refractivity contribution in [3.8, 4) is 22.9 Å². The summed E-state index contributed by atoms with van der Waals surface area (Å²) in [5, 5.41) is 18.2. The zero-order valence-electron chi connectivity index (χ0n) is 18.4. The SMILES string of the molecule is C=C1CCCN(c2nc(-c3cc(-c4ccon4)n(Cc4ccccc4F)n3)ncc2F)[C@@H]1C(=O)O. The molecule has 0 amide bonds. The maximum absolute atomic E-state index is 14.8. The van der Waals surface area contributed by atoms with Gasteiger partial charge in [-0.25, -0.2) is 23.5 Å². The zero-order valence-corrected chi connectivity index (χ0v) is 18.4. The average Bonchev–Trinajstić information content (AvgIpc) is 3.51. The van der Waals surface area contributed by atoms with Gasteiger partial charge in [0.25, 0.3) is 0 Å². The highest BCUT2D eigenvalue weighted by molar-refractivity contribution is 5.82. The van der Waals surface area contributed by atoms with Crippen LogP contribution in [0.1, 0.15) is 18.4 Å². The Labute approximate surface area is 198 Å². The highest BCUT2D eigenvalue weighted by Gasteiger charge is 2.34. The van der Waals surface area contributed by atoms with E-state index in [-0.39, 0.29) is 29.7 Å². The molecule has 0 saturated carbocycles. The molecule has 0 spiro atoms. The summed E-state index contributed by atoms with van der Waals surface area (Å²) in [5.41, 5.74) is 2.14. The molecule has 0 radical (unpaired) electrons. The van der Waals surface area contributed by atoms with Crippen LogP contribution in [0.5, 0.6) is 0 Å². The first-order valence-electron chi connectivity index (χ1n) is 10.8. The van der Waals surface area contributed by atoms with Crippen LogP contribution in [0.15, 0.2) is 65.5 Å². The first-order chi connectivity index (χ1) is 16.9. The Morgan fingerprint density at radius 3 is 2.77 bits per heavy atom. The summed E-state index contributed by atoms with van der Waals surface area (Å²) in [6.45, 7) is 4.24. The van der Waals surface area contributed by atoms with Crippen molar-refractivity contribution in [3.63, 3.8) is 0 Å². The fourth-order valence-electron chi connectivity index (χ4n) is 4.17. The summed E-state index contributed by atoms with van der Waals surface area (Å²) in [4.78, 5) is 21.7. The molecule has 1 fully saturated rings. The van der Waals surface area contributed by atoms with Crippen LogP contribution in [0.3, 0.4) is 0 Å². The van der Waals surface area contributed by atoms with Gasteiger partial charge in [0, 0.05) is 18.2 Å². The lowest BCUT2D eigenvalue weighted by atomic mass is 9.97. The van der Waals surface area contributed by atoms with E-state index in [1.54, 1.807) is 30.3 Å². The summed E-state index contributed by atoms with van der Waals surface area (Å²) in [6, 6.07) is 8.50. The van der Waals surface area contributed by atoms with Crippen LogP contribution in [0.2, 0.25) is 0 Å². The van der Waals surface area contributed by atoms with Gasteiger partial charge in [0.1, 0.15) is 29.5 Å². The third-order valence-corrected chi connectivity index (χ3v) is 5.81. The summed E-state index contributed by atoms with van der Waals surface area (Å²) in [6.07, 6.45) is 3.54. The number of carbonyl (C=O) groups is 1. The Hall–Kier alpha value is -4.41. The molecule has 4 heterocycles. The normalized spacial score (nSPS) is 16.0. The number of hydrogen-bond donors (Lipinski definition) is 1. The predicted octanol–water partition coefficient (Wildman–Crippen LogP) is 3.93. The lowest BCUT2D eigenvalue weighted by Crippen LogP contribution is -2.47. The van der Waals surface area contributed by atoms with Gasteiger partial charge in [0.15, 0.2) is 17.5 Å². The zero-order chi connectivity index (χ0) is 24.5. The molecule has 178 valence electrons. The van der Waals surface area contributed by atoms with E-state index in [0.29, 0.717) is 41.9 Å². The Morgan fingerprint density at radius 1 is 1.20 bits per heavy atom. The quantitative estimate of drug-likeness (QED) is 0.415. The van der Waals surface area contributed by atoms with Crippen LogP contribution < -0.4 is 4.90 Å². The van der Waals surface area contributed by atoms with Gasteiger partial charge in [-0.1, -0.05) is 29.9 Å². The molecule has 1 aliphatic heterocycles. The van der Waals surface area contributed by atoms with Crippen molar-refractivity contribution < 1.29 is 23.2 Å². The third-order valence-electron chi connectivity index (χ3n) is 5.81. The van der Waals surface area contributed by atoms with Crippen LogP contribution in [-0.4, -0.2) is 48.6 Å². The number of aliphatic carboxylic acids is 1. The predicted molar refractivity (Wildman–Crippen MR) is 121 cm³/mol. The minimum atomic E-state index is -1.13. The van der Waals surface area contributed by atoms with Crippen LogP contribution >= 0.6 is 0 Å². The second-order valence-electron chi connectivity index (χ2n) is 8.11. The van der Waals surface area contributed by atoms with E-state index >= 15 is 0 Å². The van der Waals surface area contributed by atoms with E-state index in [4.69, 9.17) is 4.52 Å². The van der Waals surface area contributed by atoms with E-state index in [0.717, 1.165) is 6.20 Å². The number of halogens is 2. The van der Waals surface area contributed by atoms with Crippen LogP contribution in [-0.2, 0) is 11.3 Å². The molecule has 3 aromatic heterocycles. The van der Waals surface area contributed by atoms with Gasteiger partial charge < -0.3 is 14.5 Å². The minimum absolute atomic E-state index is 0.0822. The van der Waals surface area contributed by atoms with Gasteiger partial charge in [0.2, 0.25) is 0 Å². The maximum Gasteiger partial charge on any atom is 0.330 e. The summed E-state index contributed by atoms with van der Waals surface area (Å²) >= 11 is 0. The lowest BCUT2D eigenvalue weighted by Gasteiger charge is -2.35. The molecular formula is C24H20F2N6O3. The number of hydrogen-bond acceptors (Lipinski definition) is 7. The summed E-state index contributed by atoms with van der Waals surface area (Å²) < 4.78 is 35.6. The smallest absolute Gasteiger partial charge is 0.330 e. The molecule has 1 aliphatic rings. The van der Waals surface area contributed by atoms with Crippen LogP contribution in [0, 0.1) is 11.6 Å². The van der Waals surface area contributed by atoms with E-state index in [2.05, 4.69) is 26.8 Å². The van der Waals surface area contributed by atoms with Gasteiger partial charge >= 0.3 is 5.97 Å². The van der Waals surface area contributed by atoms with E-state index in [1.165, 1.54) is 21.9 Å². The van der Waals surface area contributed by atoms with Crippen molar-refractivity contribution in [2.75, 3.05) is 11.4 Å². The highest BCUT2D eigenvalue weighted by atomic mass is 19.1. The number of piperidine rings is 1. The Bertz CT molecular complexity index is 1400. The first-order valence-corrected chi connectivity index (χ1v) is 10.8.